The number of nitrogens with two attached hydrogens (primary N) is 2. The molecule has 7 heteroatoms. The van der Waals surface area contributed by atoms with Gasteiger partial charge in [0.2, 0.25) is 6.41 Å². The van der Waals surface area contributed by atoms with Crippen molar-refractivity contribution < 1.29 is 14.4 Å². The van der Waals surface area contributed by atoms with Gasteiger partial charge in [-0.05, 0) is 74.8 Å². The fraction of sp³-hybridized carbons (Fsp3) is 0.583. The summed E-state index contributed by atoms with van der Waals surface area (Å²) in [5.41, 5.74) is 13.5. The largest absolute Gasteiger partial charge is 0.372 e. The van der Waals surface area contributed by atoms with Crippen molar-refractivity contribution in [3.63, 3.8) is 0 Å². The molecule has 1 heterocycles. The number of aldehydes is 1. The summed E-state index contributed by atoms with van der Waals surface area (Å²) in [6.45, 7) is 23.0. The first-order valence-corrected chi connectivity index (χ1v) is 16.0. The van der Waals surface area contributed by atoms with Crippen LogP contribution in [0.2, 0.25) is 0 Å². The number of fused-ring (bicyclic) bond motifs is 1. The van der Waals surface area contributed by atoms with E-state index >= 15 is 0 Å². The van der Waals surface area contributed by atoms with Crippen molar-refractivity contribution in [3.05, 3.63) is 60.3 Å². The van der Waals surface area contributed by atoms with E-state index in [1.54, 1.807) is 0 Å². The predicted molar refractivity (Wildman–Crippen MR) is 184 cm³/mol. The van der Waals surface area contributed by atoms with Crippen molar-refractivity contribution in [2.75, 3.05) is 6.54 Å². The quantitative estimate of drug-likeness (QED) is 0.150. The van der Waals surface area contributed by atoms with Gasteiger partial charge in [0.25, 0.3) is 0 Å². The Kier molecular flexibility index (Phi) is 30.6. The van der Waals surface area contributed by atoms with Gasteiger partial charge in [0.05, 0.1) is 6.04 Å². The van der Waals surface area contributed by atoms with E-state index in [4.69, 9.17) is 21.7 Å². The number of amides is 3. The Hall–Kier alpha value is -3.53. The molecule has 1 aliphatic heterocycles. The Labute approximate surface area is 263 Å². The van der Waals surface area contributed by atoms with Crippen LogP contribution in [0.1, 0.15) is 105 Å². The third-order valence-electron chi connectivity index (χ3n) is 6.82. The van der Waals surface area contributed by atoms with Crippen LogP contribution >= 0.6 is 0 Å². The lowest BCUT2D eigenvalue weighted by Gasteiger charge is -2.39. The Morgan fingerprint density at radius 3 is 2.05 bits per heavy atom. The zero-order chi connectivity index (χ0) is 33.6. The molecule has 1 aromatic carbocycles. The number of rotatable bonds is 10. The fourth-order valence-corrected chi connectivity index (χ4v) is 5.40. The van der Waals surface area contributed by atoms with Crippen LogP contribution in [-0.4, -0.2) is 42.3 Å². The van der Waals surface area contributed by atoms with Crippen LogP contribution in [0.15, 0.2) is 49.2 Å². The number of hydrogen-bond donors (Lipinski definition) is 3. The van der Waals surface area contributed by atoms with E-state index in [-0.39, 0.29) is 18.4 Å². The molecule has 43 heavy (non-hydrogen) atoms. The number of nitrogens with one attached hydrogen (secondary N) is 1. The Morgan fingerprint density at radius 1 is 1.14 bits per heavy atom. The lowest BCUT2D eigenvalue weighted by molar-refractivity contribution is -0.107. The maximum atomic E-state index is 11.9. The van der Waals surface area contributed by atoms with Crippen molar-refractivity contribution >= 4 is 18.7 Å². The van der Waals surface area contributed by atoms with Gasteiger partial charge >= 0.3 is 6.03 Å². The SMILES string of the molecule is C#CCCC(CCC=C)C1CCCN1C(=C)C(NC(N)=O)C1Cc2ccccc2C1.CC.CC.CC=O.CCC.NC=O. The fourth-order valence-electron chi connectivity index (χ4n) is 5.40. The number of primary amides is 2. The highest BCUT2D eigenvalue weighted by atomic mass is 16.2. The predicted octanol–water partition coefficient (Wildman–Crippen LogP) is 7.19. The van der Waals surface area contributed by atoms with E-state index in [9.17, 15) is 4.79 Å². The first-order chi connectivity index (χ1) is 20.8. The molecular formula is C36H62N4O3. The maximum Gasteiger partial charge on any atom is 0.312 e. The molecule has 0 aromatic heterocycles. The van der Waals surface area contributed by atoms with Crippen LogP contribution in [0.25, 0.3) is 0 Å². The van der Waals surface area contributed by atoms with Crippen molar-refractivity contribution in [2.24, 2.45) is 23.3 Å². The Balaban J connectivity index is -0.00000106. The van der Waals surface area contributed by atoms with E-state index in [0.29, 0.717) is 12.0 Å². The van der Waals surface area contributed by atoms with Gasteiger partial charge in [-0.3, -0.25) is 4.79 Å². The molecule has 7 nitrogen and oxygen atoms in total. The molecule has 0 bridgehead atoms. The van der Waals surface area contributed by atoms with Crippen LogP contribution in [0.5, 0.6) is 0 Å². The number of terminal acetylenes is 1. The lowest BCUT2D eigenvalue weighted by Crippen LogP contribution is -2.50. The Bertz CT molecular complexity index is 894. The van der Waals surface area contributed by atoms with Gasteiger partial charge in [-0.25, -0.2) is 4.79 Å². The second-order valence-electron chi connectivity index (χ2n) is 9.77. The summed E-state index contributed by atoms with van der Waals surface area (Å²) in [4.78, 5) is 31.7. The number of hydrogen-bond acceptors (Lipinski definition) is 4. The van der Waals surface area contributed by atoms with Gasteiger partial charge in [-0.2, -0.15) is 0 Å². The van der Waals surface area contributed by atoms with Crippen LogP contribution in [-0.2, 0) is 22.4 Å². The van der Waals surface area contributed by atoms with Crippen LogP contribution < -0.4 is 16.8 Å². The lowest BCUT2D eigenvalue weighted by atomic mass is 9.87. The highest BCUT2D eigenvalue weighted by Gasteiger charge is 2.38. The summed E-state index contributed by atoms with van der Waals surface area (Å²) in [5, 5.41) is 3.03. The number of nitrogens with zero attached hydrogens (tertiary/aromatic N) is 1. The number of benzene rings is 1. The minimum atomic E-state index is -0.483. The summed E-state index contributed by atoms with van der Waals surface area (Å²) >= 11 is 0. The van der Waals surface area contributed by atoms with Crippen LogP contribution in [0, 0.1) is 24.2 Å². The molecule has 3 atom stereocenters. The van der Waals surface area contributed by atoms with Gasteiger partial charge in [0.15, 0.2) is 0 Å². The maximum absolute atomic E-state index is 11.9. The molecule has 1 aromatic rings. The van der Waals surface area contributed by atoms with Crippen molar-refractivity contribution in [1.29, 1.82) is 0 Å². The molecule has 3 rings (SSSR count). The minimum Gasteiger partial charge on any atom is -0.372 e. The van der Waals surface area contributed by atoms with E-state index in [1.807, 2.05) is 33.8 Å². The molecule has 0 radical (unpaired) electrons. The summed E-state index contributed by atoms with van der Waals surface area (Å²) < 4.78 is 0. The summed E-state index contributed by atoms with van der Waals surface area (Å²) in [7, 11) is 0. The molecule has 3 unspecified atom stereocenters. The zero-order valence-corrected chi connectivity index (χ0v) is 28.2. The molecule has 1 fully saturated rings. The third kappa shape index (κ3) is 17.9. The summed E-state index contributed by atoms with van der Waals surface area (Å²) in [5.74, 6) is 3.59. The second-order valence-corrected chi connectivity index (χ2v) is 9.77. The standard InChI is InChI=1S/C26H35N3O.C3H8.C2H4O.2C2H6.CH3NO/c1-4-6-11-20(12-7-5-2)24-15-10-16-29(24)19(3)25(28-26(27)30)23-17-21-13-8-9-14-22(21)18-23;1-3-2;1-2-3;2*1-2;2-1-3/h1,5,8-9,13-14,20,23-25H,2-3,6-7,10-12,15-18H2,(H3,27,28,30);3H2,1-2H3;2H,1H3;2*1-2H3;1H,(H2,2,3). The molecule has 2 aliphatic rings. The topological polar surface area (TPSA) is 119 Å². The zero-order valence-electron chi connectivity index (χ0n) is 28.2. The number of carbonyl (C=O) groups excluding carboxylic acids is 3. The van der Waals surface area contributed by atoms with Gasteiger partial charge in [-0.15, -0.1) is 18.9 Å². The van der Waals surface area contributed by atoms with Gasteiger partial charge in [-0.1, -0.05) is 84.9 Å². The molecule has 1 aliphatic carbocycles. The summed E-state index contributed by atoms with van der Waals surface area (Å²) in [6, 6.07) is 8.31. The number of carbonyl (C=O) groups is 3. The van der Waals surface area contributed by atoms with Crippen LogP contribution in [0.3, 0.4) is 0 Å². The first kappa shape index (κ1) is 43.9. The highest BCUT2D eigenvalue weighted by molar-refractivity contribution is 5.72. The van der Waals surface area contributed by atoms with E-state index in [0.717, 1.165) is 69.9 Å². The number of urea groups is 1. The number of likely N-dealkylation sites (tertiary alicyclic amines) is 1. The van der Waals surface area contributed by atoms with E-state index in [1.165, 1.54) is 24.5 Å². The normalized spacial score (nSPS) is 15.4. The molecule has 244 valence electrons. The summed E-state index contributed by atoms with van der Waals surface area (Å²) in [6.07, 6.45) is 17.8. The highest BCUT2D eigenvalue weighted by Crippen LogP contribution is 2.37. The van der Waals surface area contributed by atoms with E-state index in [2.05, 4.69) is 73.1 Å². The molecule has 3 amide bonds. The number of allylic oxidation sites excluding steroid dienone is 1. The van der Waals surface area contributed by atoms with Crippen LogP contribution in [0.4, 0.5) is 4.79 Å². The Morgan fingerprint density at radius 2 is 1.63 bits per heavy atom. The van der Waals surface area contributed by atoms with Crippen molar-refractivity contribution in [2.45, 2.75) is 118 Å². The second kappa shape index (κ2) is 29.9. The minimum absolute atomic E-state index is 0.150. The van der Waals surface area contributed by atoms with Crippen molar-refractivity contribution in [1.82, 2.24) is 10.2 Å². The third-order valence-corrected chi connectivity index (χ3v) is 6.82. The smallest absolute Gasteiger partial charge is 0.312 e. The monoisotopic (exact) mass is 598 g/mol. The van der Waals surface area contributed by atoms with Gasteiger partial charge in [0, 0.05) is 24.7 Å². The van der Waals surface area contributed by atoms with Crippen molar-refractivity contribution in [3.8, 4) is 12.3 Å². The molecule has 5 N–H and O–H groups in total. The molecule has 1 saturated heterocycles. The molecule has 0 saturated carbocycles. The van der Waals surface area contributed by atoms with Gasteiger partial charge in [0.1, 0.15) is 6.29 Å². The molecule has 0 spiro atoms. The average Bonchev–Trinajstić information content (AvgIpc) is 3.67. The molecular weight excluding hydrogens is 536 g/mol. The van der Waals surface area contributed by atoms with Gasteiger partial charge < -0.3 is 26.5 Å². The average molecular weight is 599 g/mol. The first-order valence-electron chi connectivity index (χ1n) is 16.0. The van der Waals surface area contributed by atoms with E-state index < -0.39 is 6.03 Å².